The van der Waals surface area contributed by atoms with E-state index < -0.39 is 0 Å². The van der Waals surface area contributed by atoms with Crippen molar-refractivity contribution >= 4 is 12.3 Å². The monoisotopic (exact) mass is 238 g/mol. The Kier molecular flexibility index (Phi) is 3.36. The fourth-order valence-electron chi connectivity index (χ4n) is 1.73. The molecule has 1 aliphatic rings. The lowest BCUT2D eigenvalue weighted by molar-refractivity contribution is -0.134. The van der Waals surface area contributed by atoms with Gasteiger partial charge in [-0.05, 0) is 6.92 Å². The number of aryl methyl sites for hydroxylation is 1. The van der Waals surface area contributed by atoms with Crippen LogP contribution in [0.1, 0.15) is 11.7 Å². The Balaban J connectivity index is 1.87. The lowest BCUT2D eigenvalue weighted by Crippen LogP contribution is -2.48. The second-order valence-electron chi connectivity index (χ2n) is 3.93. The molecule has 0 radical (unpaired) electrons. The zero-order valence-corrected chi connectivity index (χ0v) is 9.63. The van der Waals surface area contributed by atoms with Crippen molar-refractivity contribution < 1.29 is 14.1 Å². The van der Waals surface area contributed by atoms with Gasteiger partial charge in [-0.2, -0.15) is 4.98 Å². The van der Waals surface area contributed by atoms with Crippen molar-refractivity contribution in [2.75, 3.05) is 26.2 Å². The molecule has 7 heteroatoms. The van der Waals surface area contributed by atoms with Crippen molar-refractivity contribution in [1.29, 1.82) is 0 Å². The number of hydrogen-bond donors (Lipinski definition) is 0. The maximum atomic E-state index is 11.9. The molecular weight excluding hydrogens is 224 g/mol. The Hall–Kier alpha value is -1.92. The standard InChI is InChI=1S/C10H14N4O3/c1-8-11-9(17-12-8)6-10(16)14-4-2-13(7-15)3-5-14/h7H,2-6H2,1H3. The summed E-state index contributed by atoms with van der Waals surface area (Å²) in [5.74, 6) is 0.822. The van der Waals surface area contributed by atoms with E-state index in [0.717, 1.165) is 6.41 Å². The molecule has 0 bridgehead atoms. The third-order valence-corrected chi connectivity index (χ3v) is 2.69. The van der Waals surface area contributed by atoms with Gasteiger partial charge in [0.05, 0.1) is 0 Å². The molecule has 1 saturated heterocycles. The predicted octanol–water partition coefficient (Wildman–Crippen LogP) is -0.779. The third-order valence-electron chi connectivity index (χ3n) is 2.69. The highest BCUT2D eigenvalue weighted by molar-refractivity contribution is 5.78. The van der Waals surface area contributed by atoms with Gasteiger partial charge in [0, 0.05) is 26.2 Å². The second-order valence-corrected chi connectivity index (χ2v) is 3.93. The third kappa shape index (κ3) is 2.80. The highest BCUT2D eigenvalue weighted by atomic mass is 16.5. The highest BCUT2D eigenvalue weighted by Crippen LogP contribution is 2.04. The zero-order valence-electron chi connectivity index (χ0n) is 9.63. The first kappa shape index (κ1) is 11.6. The maximum absolute atomic E-state index is 11.9. The van der Waals surface area contributed by atoms with Crippen LogP contribution in [0.3, 0.4) is 0 Å². The number of amides is 2. The summed E-state index contributed by atoms with van der Waals surface area (Å²) in [5, 5.41) is 3.63. The summed E-state index contributed by atoms with van der Waals surface area (Å²) in [7, 11) is 0. The molecule has 0 unspecified atom stereocenters. The normalized spacial score (nSPS) is 16.1. The molecule has 0 saturated carbocycles. The molecule has 92 valence electrons. The Morgan fingerprint density at radius 3 is 2.65 bits per heavy atom. The molecule has 0 spiro atoms. The average molecular weight is 238 g/mol. The lowest BCUT2D eigenvalue weighted by Gasteiger charge is -2.32. The number of rotatable bonds is 3. The molecule has 1 aliphatic heterocycles. The van der Waals surface area contributed by atoms with Gasteiger partial charge in [0.25, 0.3) is 0 Å². The highest BCUT2D eigenvalue weighted by Gasteiger charge is 2.21. The first-order chi connectivity index (χ1) is 8.19. The average Bonchev–Trinajstić information content (AvgIpc) is 2.75. The molecule has 7 nitrogen and oxygen atoms in total. The largest absolute Gasteiger partial charge is 0.342 e. The molecule has 0 N–H and O–H groups in total. The van der Waals surface area contributed by atoms with Crippen LogP contribution in [0, 0.1) is 6.92 Å². The van der Waals surface area contributed by atoms with Gasteiger partial charge in [-0.1, -0.05) is 5.16 Å². The van der Waals surface area contributed by atoms with E-state index in [2.05, 4.69) is 10.1 Å². The van der Waals surface area contributed by atoms with Gasteiger partial charge in [0.15, 0.2) is 5.82 Å². The maximum Gasteiger partial charge on any atom is 0.236 e. The fraction of sp³-hybridized carbons (Fsp3) is 0.600. The summed E-state index contributed by atoms with van der Waals surface area (Å²) >= 11 is 0. The van der Waals surface area contributed by atoms with Crippen LogP contribution in [0.2, 0.25) is 0 Å². The predicted molar refractivity (Wildman–Crippen MR) is 57.0 cm³/mol. The number of aromatic nitrogens is 2. The Bertz CT molecular complexity index is 409. The number of nitrogens with zero attached hydrogens (tertiary/aromatic N) is 4. The van der Waals surface area contributed by atoms with Crippen molar-refractivity contribution in [3.05, 3.63) is 11.7 Å². The van der Waals surface area contributed by atoms with E-state index in [9.17, 15) is 9.59 Å². The lowest BCUT2D eigenvalue weighted by atomic mass is 10.3. The summed E-state index contributed by atoms with van der Waals surface area (Å²) in [5.41, 5.74) is 0. The minimum absolute atomic E-state index is 0.0424. The van der Waals surface area contributed by atoms with Gasteiger partial charge in [0.1, 0.15) is 6.42 Å². The van der Waals surface area contributed by atoms with Crippen LogP contribution in [-0.4, -0.2) is 58.4 Å². The number of hydrogen-bond acceptors (Lipinski definition) is 5. The van der Waals surface area contributed by atoms with E-state index in [4.69, 9.17) is 4.52 Å². The molecule has 1 aromatic heterocycles. The van der Waals surface area contributed by atoms with Crippen molar-refractivity contribution in [1.82, 2.24) is 19.9 Å². The molecule has 0 aromatic carbocycles. The van der Waals surface area contributed by atoms with Crippen LogP contribution < -0.4 is 0 Å². The SMILES string of the molecule is Cc1noc(CC(=O)N2CCN(C=O)CC2)n1. The first-order valence-corrected chi connectivity index (χ1v) is 5.45. The first-order valence-electron chi connectivity index (χ1n) is 5.45. The van der Waals surface area contributed by atoms with Crippen molar-refractivity contribution in [3.63, 3.8) is 0 Å². The molecular formula is C10H14N4O3. The minimum atomic E-state index is -0.0424. The summed E-state index contributed by atoms with van der Waals surface area (Å²) in [6.45, 7) is 3.99. The fourth-order valence-corrected chi connectivity index (χ4v) is 1.73. The van der Waals surface area contributed by atoms with Crippen LogP contribution >= 0.6 is 0 Å². The second kappa shape index (κ2) is 4.94. The van der Waals surface area contributed by atoms with Gasteiger partial charge in [-0.3, -0.25) is 9.59 Å². The van der Waals surface area contributed by atoms with E-state index >= 15 is 0 Å². The summed E-state index contributed by atoms with van der Waals surface area (Å²) in [6.07, 6.45) is 0.936. The van der Waals surface area contributed by atoms with Crippen molar-refractivity contribution in [2.45, 2.75) is 13.3 Å². The molecule has 1 aromatic rings. The van der Waals surface area contributed by atoms with Gasteiger partial charge in [-0.15, -0.1) is 0 Å². The quantitative estimate of drug-likeness (QED) is 0.645. The molecule has 2 heterocycles. The van der Waals surface area contributed by atoms with Crippen LogP contribution in [0.5, 0.6) is 0 Å². The van der Waals surface area contributed by atoms with Crippen LogP contribution in [0.25, 0.3) is 0 Å². The number of piperazine rings is 1. The topological polar surface area (TPSA) is 79.5 Å². The van der Waals surface area contributed by atoms with E-state index in [1.807, 2.05) is 0 Å². The van der Waals surface area contributed by atoms with E-state index in [-0.39, 0.29) is 12.3 Å². The van der Waals surface area contributed by atoms with Crippen molar-refractivity contribution in [3.8, 4) is 0 Å². The molecule has 2 amide bonds. The van der Waals surface area contributed by atoms with Crippen molar-refractivity contribution in [2.24, 2.45) is 0 Å². The van der Waals surface area contributed by atoms with E-state index in [1.54, 1.807) is 16.7 Å². The van der Waals surface area contributed by atoms with Gasteiger partial charge in [-0.25, -0.2) is 0 Å². The Morgan fingerprint density at radius 1 is 1.41 bits per heavy atom. The molecule has 1 fully saturated rings. The molecule has 0 aliphatic carbocycles. The summed E-state index contributed by atoms with van der Waals surface area (Å²) < 4.78 is 4.89. The molecule has 17 heavy (non-hydrogen) atoms. The Morgan fingerprint density at radius 2 is 2.12 bits per heavy atom. The zero-order chi connectivity index (χ0) is 12.3. The van der Waals surface area contributed by atoms with Gasteiger partial charge in [0.2, 0.25) is 18.2 Å². The van der Waals surface area contributed by atoms with E-state index in [0.29, 0.717) is 37.9 Å². The van der Waals surface area contributed by atoms with Crippen LogP contribution in [-0.2, 0) is 16.0 Å². The number of carbonyl (C=O) groups excluding carboxylic acids is 2. The van der Waals surface area contributed by atoms with Crippen LogP contribution in [0.15, 0.2) is 4.52 Å². The van der Waals surface area contributed by atoms with Gasteiger partial charge < -0.3 is 14.3 Å². The van der Waals surface area contributed by atoms with E-state index in [1.165, 1.54) is 0 Å². The van der Waals surface area contributed by atoms with Gasteiger partial charge >= 0.3 is 0 Å². The molecule has 2 rings (SSSR count). The number of carbonyl (C=O) groups is 2. The summed E-state index contributed by atoms with van der Waals surface area (Å²) in [6, 6.07) is 0. The smallest absolute Gasteiger partial charge is 0.236 e. The van der Waals surface area contributed by atoms with Crippen LogP contribution in [0.4, 0.5) is 0 Å². The summed E-state index contributed by atoms with van der Waals surface area (Å²) in [4.78, 5) is 29.7. The molecule has 0 atom stereocenters. The Labute approximate surface area is 98.4 Å². The minimum Gasteiger partial charge on any atom is -0.342 e.